The third-order valence-corrected chi connectivity index (χ3v) is 3.71. The maximum Gasteiger partial charge on any atom is 0.145 e. The van der Waals surface area contributed by atoms with E-state index in [2.05, 4.69) is 20.7 Å². The van der Waals surface area contributed by atoms with Crippen LogP contribution in [0.5, 0.6) is 0 Å². The number of hydrogen-bond donors (Lipinski definition) is 3. The van der Waals surface area contributed by atoms with Gasteiger partial charge in [0.1, 0.15) is 17.5 Å². The van der Waals surface area contributed by atoms with E-state index < -0.39 is 0 Å². The Labute approximate surface area is 99.6 Å². The van der Waals surface area contributed by atoms with Gasteiger partial charge in [-0.2, -0.15) is 11.8 Å². The molecule has 0 amide bonds. The molecular weight excluding hydrogens is 222 g/mol. The van der Waals surface area contributed by atoms with E-state index in [0.717, 1.165) is 17.4 Å². The van der Waals surface area contributed by atoms with Gasteiger partial charge in [-0.05, 0) is 25.5 Å². The van der Waals surface area contributed by atoms with E-state index >= 15 is 0 Å². The number of nitrogens with two attached hydrogens (primary N) is 1. The highest BCUT2D eigenvalue weighted by atomic mass is 32.2. The lowest BCUT2D eigenvalue weighted by Crippen LogP contribution is -2.26. The summed E-state index contributed by atoms with van der Waals surface area (Å²) < 4.78 is 0. The molecule has 1 fully saturated rings. The molecule has 6 heteroatoms. The summed E-state index contributed by atoms with van der Waals surface area (Å²) in [4.78, 5) is 8.50. The van der Waals surface area contributed by atoms with Crippen molar-refractivity contribution in [2.75, 3.05) is 22.2 Å². The lowest BCUT2D eigenvalue weighted by molar-refractivity contribution is 0.681. The topological polar surface area (TPSA) is 75.9 Å². The molecular formula is C10H17N5S. The summed E-state index contributed by atoms with van der Waals surface area (Å²) in [7, 11) is 0. The molecule has 0 bridgehead atoms. The summed E-state index contributed by atoms with van der Waals surface area (Å²) in [5.41, 5.74) is 2.55. The second-order valence-corrected chi connectivity index (χ2v) is 5.04. The van der Waals surface area contributed by atoms with Crippen LogP contribution in [-0.2, 0) is 0 Å². The van der Waals surface area contributed by atoms with E-state index in [1.165, 1.54) is 18.6 Å². The van der Waals surface area contributed by atoms with Crippen LogP contribution >= 0.6 is 11.8 Å². The van der Waals surface area contributed by atoms with E-state index in [9.17, 15) is 0 Å². The lowest BCUT2D eigenvalue weighted by Gasteiger charge is -2.23. The molecule has 88 valence electrons. The number of hydrazine groups is 1. The highest BCUT2D eigenvalue weighted by Gasteiger charge is 2.14. The van der Waals surface area contributed by atoms with Crippen LogP contribution in [0.25, 0.3) is 0 Å². The van der Waals surface area contributed by atoms with Crippen molar-refractivity contribution in [3.63, 3.8) is 0 Å². The highest BCUT2D eigenvalue weighted by molar-refractivity contribution is 7.99. The predicted molar refractivity (Wildman–Crippen MR) is 68.5 cm³/mol. The second kappa shape index (κ2) is 5.36. The normalized spacial score (nSPS) is 20.5. The van der Waals surface area contributed by atoms with Crippen molar-refractivity contribution in [1.29, 1.82) is 0 Å². The maximum absolute atomic E-state index is 5.35. The first-order chi connectivity index (χ1) is 7.78. The Morgan fingerprint density at radius 3 is 2.94 bits per heavy atom. The van der Waals surface area contributed by atoms with Crippen LogP contribution in [0, 0.1) is 6.92 Å². The maximum atomic E-state index is 5.35. The van der Waals surface area contributed by atoms with Crippen molar-refractivity contribution in [1.82, 2.24) is 9.97 Å². The molecule has 1 atom stereocenters. The molecule has 4 N–H and O–H groups in total. The number of rotatable bonds is 3. The molecule has 1 aliphatic heterocycles. The lowest BCUT2D eigenvalue weighted by atomic mass is 10.2. The zero-order chi connectivity index (χ0) is 11.4. The van der Waals surface area contributed by atoms with Gasteiger partial charge in [-0.1, -0.05) is 0 Å². The van der Waals surface area contributed by atoms with Crippen molar-refractivity contribution in [3.05, 3.63) is 11.9 Å². The first-order valence-electron chi connectivity index (χ1n) is 5.44. The third kappa shape index (κ3) is 2.99. The summed E-state index contributed by atoms with van der Waals surface area (Å²) in [6.07, 6.45) is 2.48. The Morgan fingerprint density at radius 2 is 2.25 bits per heavy atom. The van der Waals surface area contributed by atoms with Crippen LogP contribution in [0.1, 0.15) is 18.7 Å². The molecule has 5 nitrogen and oxygen atoms in total. The van der Waals surface area contributed by atoms with E-state index in [1.54, 1.807) is 0 Å². The van der Waals surface area contributed by atoms with Gasteiger partial charge in [0, 0.05) is 17.9 Å². The predicted octanol–water partition coefficient (Wildman–Crippen LogP) is 1.38. The summed E-state index contributed by atoms with van der Waals surface area (Å²) >= 11 is 1.99. The van der Waals surface area contributed by atoms with Crippen LogP contribution in [0.15, 0.2) is 6.07 Å². The molecule has 0 spiro atoms. The Morgan fingerprint density at radius 1 is 1.44 bits per heavy atom. The molecule has 2 heterocycles. The largest absolute Gasteiger partial charge is 0.366 e. The molecule has 1 unspecified atom stereocenters. The molecule has 16 heavy (non-hydrogen) atoms. The molecule has 0 aliphatic carbocycles. The van der Waals surface area contributed by atoms with Gasteiger partial charge in [0.05, 0.1) is 0 Å². The molecule has 0 radical (unpaired) electrons. The van der Waals surface area contributed by atoms with Gasteiger partial charge in [-0.15, -0.1) is 0 Å². The first kappa shape index (κ1) is 11.5. The zero-order valence-corrected chi connectivity index (χ0v) is 10.2. The van der Waals surface area contributed by atoms with Gasteiger partial charge in [0.25, 0.3) is 0 Å². The zero-order valence-electron chi connectivity index (χ0n) is 9.36. The fourth-order valence-electron chi connectivity index (χ4n) is 1.78. The quantitative estimate of drug-likeness (QED) is 0.546. The number of aryl methyl sites for hydroxylation is 1. The van der Waals surface area contributed by atoms with Crippen LogP contribution in [0.2, 0.25) is 0 Å². The number of thioether (sulfide) groups is 1. The SMILES string of the molecule is Cc1nc(NN)cc(NC2CCCSC2)n1. The van der Waals surface area contributed by atoms with Gasteiger partial charge in [-0.25, -0.2) is 15.8 Å². The van der Waals surface area contributed by atoms with E-state index in [1.807, 2.05) is 24.8 Å². The van der Waals surface area contributed by atoms with Gasteiger partial charge >= 0.3 is 0 Å². The number of nitrogen functional groups attached to an aromatic ring is 1. The van der Waals surface area contributed by atoms with E-state index in [-0.39, 0.29) is 0 Å². The molecule has 1 aromatic heterocycles. The van der Waals surface area contributed by atoms with Crippen LogP contribution in [-0.4, -0.2) is 27.5 Å². The van der Waals surface area contributed by atoms with Crippen LogP contribution in [0.3, 0.4) is 0 Å². The Hall–Kier alpha value is -1.01. The average Bonchev–Trinajstić information content (AvgIpc) is 2.29. The average molecular weight is 239 g/mol. The summed E-state index contributed by atoms with van der Waals surface area (Å²) in [5, 5.41) is 3.43. The van der Waals surface area contributed by atoms with Crippen molar-refractivity contribution >= 4 is 23.4 Å². The number of nitrogens with zero attached hydrogens (tertiary/aromatic N) is 2. The van der Waals surface area contributed by atoms with Gasteiger partial charge in [0.2, 0.25) is 0 Å². The molecule has 0 aromatic carbocycles. The smallest absolute Gasteiger partial charge is 0.145 e. The first-order valence-corrected chi connectivity index (χ1v) is 6.60. The number of nitrogens with one attached hydrogen (secondary N) is 2. The molecule has 0 saturated carbocycles. The Kier molecular flexibility index (Phi) is 3.84. The van der Waals surface area contributed by atoms with Crippen molar-refractivity contribution in [2.24, 2.45) is 5.84 Å². The Bertz CT molecular complexity index is 351. The summed E-state index contributed by atoms with van der Waals surface area (Å²) in [5.74, 6) is 10.00. The van der Waals surface area contributed by atoms with E-state index in [4.69, 9.17) is 5.84 Å². The molecule has 1 aliphatic rings. The number of hydrogen-bond acceptors (Lipinski definition) is 6. The minimum Gasteiger partial charge on any atom is -0.366 e. The van der Waals surface area contributed by atoms with Crippen LogP contribution in [0.4, 0.5) is 11.6 Å². The van der Waals surface area contributed by atoms with Crippen molar-refractivity contribution < 1.29 is 0 Å². The highest BCUT2D eigenvalue weighted by Crippen LogP contribution is 2.20. The van der Waals surface area contributed by atoms with Gasteiger partial charge < -0.3 is 10.7 Å². The number of anilines is 2. The third-order valence-electron chi connectivity index (χ3n) is 2.50. The van der Waals surface area contributed by atoms with E-state index in [0.29, 0.717) is 11.9 Å². The number of aromatic nitrogens is 2. The molecule has 1 saturated heterocycles. The minimum atomic E-state index is 0.513. The van der Waals surface area contributed by atoms with Crippen molar-refractivity contribution in [2.45, 2.75) is 25.8 Å². The standard InChI is InChI=1S/C10H17N5S/c1-7-12-9(5-10(13-7)15-11)14-8-3-2-4-16-6-8/h5,8H,2-4,6,11H2,1H3,(H2,12,13,14,15). The van der Waals surface area contributed by atoms with Gasteiger partial charge in [0.15, 0.2) is 0 Å². The monoisotopic (exact) mass is 239 g/mol. The van der Waals surface area contributed by atoms with Crippen molar-refractivity contribution in [3.8, 4) is 0 Å². The molecule has 1 aromatic rings. The molecule has 2 rings (SSSR count). The summed E-state index contributed by atoms with van der Waals surface area (Å²) in [6, 6.07) is 2.35. The summed E-state index contributed by atoms with van der Waals surface area (Å²) in [6.45, 7) is 1.86. The second-order valence-electron chi connectivity index (χ2n) is 3.89. The van der Waals surface area contributed by atoms with Crippen LogP contribution < -0.4 is 16.6 Å². The van der Waals surface area contributed by atoms with Gasteiger partial charge in [-0.3, -0.25) is 0 Å². The Balaban J connectivity index is 2.04. The fraction of sp³-hybridized carbons (Fsp3) is 0.600. The minimum absolute atomic E-state index is 0.513. The fourth-order valence-corrected chi connectivity index (χ4v) is 2.85.